The number of nitrogens with zero attached hydrogens (tertiary/aromatic N) is 1. The Morgan fingerprint density at radius 2 is 2.00 bits per heavy atom. The maximum absolute atomic E-state index is 12.1. The van der Waals surface area contributed by atoms with Crippen LogP contribution < -0.4 is 0 Å². The molecule has 0 saturated carbocycles. The highest BCUT2D eigenvalue weighted by atomic mass is 16.4. The van der Waals surface area contributed by atoms with Crippen molar-refractivity contribution in [3.8, 4) is 0 Å². The molecule has 4 nitrogen and oxygen atoms in total. The summed E-state index contributed by atoms with van der Waals surface area (Å²) in [5.41, 5.74) is 0. The molecule has 4 heteroatoms. The lowest BCUT2D eigenvalue weighted by Gasteiger charge is -2.38. The molecule has 1 saturated heterocycles. The van der Waals surface area contributed by atoms with Gasteiger partial charge in [-0.1, -0.05) is 13.8 Å². The van der Waals surface area contributed by atoms with E-state index in [-0.39, 0.29) is 24.3 Å². The van der Waals surface area contributed by atoms with E-state index in [4.69, 9.17) is 5.11 Å². The molecule has 17 heavy (non-hydrogen) atoms. The third-order valence-corrected chi connectivity index (χ3v) is 3.74. The van der Waals surface area contributed by atoms with Gasteiger partial charge in [0.05, 0.1) is 0 Å². The van der Waals surface area contributed by atoms with Gasteiger partial charge in [0.1, 0.15) is 0 Å². The summed E-state index contributed by atoms with van der Waals surface area (Å²) in [5.74, 6) is -0.255. The van der Waals surface area contributed by atoms with Crippen molar-refractivity contribution >= 4 is 11.9 Å². The lowest BCUT2D eigenvalue weighted by molar-refractivity contribution is -0.139. The fraction of sp³-hybridized carbons (Fsp3) is 0.846. The van der Waals surface area contributed by atoms with Crippen molar-refractivity contribution in [2.45, 2.75) is 52.5 Å². The smallest absolute Gasteiger partial charge is 0.303 e. The summed E-state index contributed by atoms with van der Waals surface area (Å²) in [6.45, 7) is 6.91. The van der Waals surface area contributed by atoms with Crippen LogP contribution in [0.2, 0.25) is 0 Å². The standard InChI is InChI=1S/C13H23NO3/c1-9(8-13(16)17)7-12(15)14-6-4-5-10(2)11(14)3/h9-11H,4-8H2,1-3H3,(H,16,17). The van der Waals surface area contributed by atoms with Crippen molar-refractivity contribution < 1.29 is 14.7 Å². The van der Waals surface area contributed by atoms with Crippen LogP contribution in [-0.4, -0.2) is 34.5 Å². The van der Waals surface area contributed by atoms with Gasteiger partial charge in [-0.3, -0.25) is 9.59 Å². The summed E-state index contributed by atoms with van der Waals surface area (Å²) in [6, 6.07) is 0.285. The zero-order chi connectivity index (χ0) is 13.0. The average molecular weight is 241 g/mol. The van der Waals surface area contributed by atoms with Gasteiger partial charge in [0.15, 0.2) is 0 Å². The minimum atomic E-state index is -0.828. The van der Waals surface area contributed by atoms with Gasteiger partial charge in [-0.05, 0) is 31.6 Å². The Balaban J connectivity index is 2.48. The van der Waals surface area contributed by atoms with Crippen molar-refractivity contribution in [3.05, 3.63) is 0 Å². The Morgan fingerprint density at radius 3 is 2.59 bits per heavy atom. The first kappa shape index (κ1) is 14.0. The SMILES string of the molecule is CC(CC(=O)O)CC(=O)N1CCCC(C)C1C. The molecule has 1 aliphatic rings. The van der Waals surface area contributed by atoms with Crippen LogP contribution in [0.15, 0.2) is 0 Å². The van der Waals surface area contributed by atoms with E-state index < -0.39 is 5.97 Å². The maximum Gasteiger partial charge on any atom is 0.303 e. The minimum Gasteiger partial charge on any atom is -0.481 e. The van der Waals surface area contributed by atoms with E-state index in [0.717, 1.165) is 13.0 Å². The van der Waals surface area contributed by atoms with E-state index in [9.17, 15) is 9.59 Å². The topological polar surface area (TPSA) is 57.6 Å². The minimum absolute atomic E-state index is 0.0729. The van der Waals surface area contributed by atoms with E-state index in [0.29, 0.717) is 12.3 Å². The molecule has 0 aromatic heterocycles. The Bertz CT molecular complexity index is 290. The van der Waals surface area contributed by atoms with Gasteiger partial charge >= 0.3 is 5.97 Å². The second-order valence-corrected chi connectivity index (χ2v) is 5.35. The van der Waals surface area contributed by atoms with Gasteiger partial charge in [-0.15, -0.1) is 0 Å². The van der Waals surface area contributed by atoms with Crippen molar-refractivity contribution in [2.24, 2.45) is 11.8 Å². The molecule has 0 aromatic carbocycles. The molecule has 0 radical (unpaired) electrons. The molecule has 1 fully saturated rings. The number of hydrogen-bond donors (Lipinski definition) is 1. The number of aliphatic carboxylic acids is 1. The molecule has 1 N–H and O–H groups in total. The molecule has 0 aromatic rings. The van der Waals surface area contributed by atoms with Crippen molar-refractivity contribution in [2.75, 3.05) is 6.54 Å². The van der Waals surface area contributed by atoms with Crippen LogP contribution in [-0.2, 0) is 9.59 Å². The summed E-state index contributed by atoms with van der Waals surface area (Å²) in [6.07, 6.45) is 2.66. The van der Waals surface area contributed by atoms with Gasteiger partial charge in [0.25, 0.3) is 0 Å². The zero-order valence-electron chi connectivity index (χ0n) is 11.0. The van der Waals surface area contributed by atoms with Gasteiger partial charge in [0, 0.05) is 25.4 Å². The van der Waals surface area contributed by atoms with E-state index in [1.165, 1.54) is 6.42 Å². The number of likely N-dealkylation sites (tertiary alicyclic amines) is 1. The van der Waals surface area contributed by atoms with Gasteiger partial charge in [0.2, 0.25) is 5.91 Å². The molecule has 0 aliphatic carbocycles. The Labute approximate surface area is 103 Å². The van der Waals surface area contributed by atoms with E-state index in [1.807, 2.05) is 11.8 Å². The maximum atomic E-state index is 12.1. The molecule has 1 rings (SSSR count). The highest BCUT2D eigenvalue weighted by Gasteiger charge is 2.28. The van der Waals surface area contributed by atoms with Crippen molar-refractivity contribution in [3.63, 3.8) is 0 Å². The van der Waals surface area contributed by atoms with Crippen LogP contribution in [0.5, 0.6) is 0 Å². The van der Waals surface area contributed by atoms with Crippen molar-refractivity contribution in [1.82, 2.24) is 4.90 Å². The Hall–Kier alpha value is -1.06. The summed E-state index contributed by atoms with van der Waals surface area (Å²) < 4.78 is 0. The predicted octanol–water partition coefficient (Wildman–Crippen LogP) is 2.13. The second-order valence-electron chi connectivity index (χ2n) is 5.35. The number of hydrogen-bond acceptors (Lipinski definition) is 2. The van der Waals surface area contributed by atoms with Crippen LogP contribution in [0.25, 0.3) is 0 Å². The number of carboxylic acid groups (broad SMARTS) is 1. The molecule has 3 atom stereocenters. The van der Waals surface area contributed by atoms with E-state index >= 15 is 0 Å². The molecule has 0 spiro atoms. The summed E-state index contributed by atoms with van der Waals surface area (Å²) >= 11 is 0. The van der Waals surface area contributed by atoms with Gasteiger partial charge in [-0.25, -0.2) is 0 Å². The highest BCUT2D eigenvalue weighted by molar-refractivity contribution is 5.77. The third-order valence-electron chi connectivity index (χ3n) is 3.74. The Morgan fingerprint density at radius 1 is 1.35 bits per heavy atom. The molecule has 1 heterocycles. The normalized spacial score (nSPS) is 26.6. The molecule has 1 aliphatic heterocycles. The molecule has 0 bridgehead atoms. The third kappa shape index (κ3) is 4.02. The number of carboxylic acids is 1. The number of carbonyl (C=O) groups is 2. The first-order valence-corrected chi connectivity index (χ1v) is 6.43. The first-order valence-electron chi connectivity index (χ1n) is 6.43. The summed E-state index contributed by atoms with van der Waals surface area (Å²) in [4.78, 5) is 24.6. The molecule has 3 unspecified atom stereocenters. The van der Waals surface area contributed by atoms with Crippen LogP contribution in [0.1, 0.15) is 46.5 Å². The highest BCUT2D eigenvalue weighted by Crippen LogP contribution is 2.24. The number of piperidine rings is 1. The van der Waals surface area contributed by atoms with Crippen LogP contribution in [0.4, 0.5) is 0 Å². The predicted molar refractivity (Wildman–Crippen MR) is 65.6 cm³/mol. The van der Waals surface area contributed by atoms with E-state index in [1.54, 1.807) is 0 Å². The zero-order valence-corrected chi connectivity index (χ0v) is 11.0. The molecule has 98 valence electrons. The first-order chi connectivity index (χ1) is 7.91. The quantitative estimate of drug-likeness (QED) is 0.820. The van der Waals surface area contributed by atoms with Crippen LogP contribution in [0, 0.1) is 11.8 Å². The largest absolute Gasteiger partial charge is 0.481 e. The molecule has 1 amide bonds. The van der Waals surface area contributed by atoms with Crippen molar-refractivity contribution in [1.29, 1.82) is 0 Å². The van der Waals surface area contributed by atoms with E-state index in [2.05, 4.69) is 13.8 Å². The Kier molecular flexibility index (Phi) is 4.97. The van der Waals surface area contributed by atoms with Crippen LogP contribution in [0.3, 0.4) is 0 Å². The summed E-state index contributed by atoms with van der Waals surface area (Å²) in [5, 5.41) is 8.68. The molecular formula is C13H23NO3. The summed E-state index contributed by atoms with van der Waals surface area (Å²) in [7, 11) is 0. The average Bonchev–Trinajstić information content (AvgIpc) is 2.20. The number of rotatable bonds is 4. The molecular weight excluding hydrogens is 218 g/mol. The number of amides is 1. The lowest BCUT2D eigenvalue weighted by atomic mass is 9.91. The fourth-order valence-electron chi connectivity index (χ4n) is 2.47. The monoisotopic (exact) mass is 241 g/mol. The number of carbonyl (C=O) groups excluding carboxylic acids is 1. The van der Waals surface area contributed by atoms with Gasteiger partial charge in [-0.2, -0.15) is 0 Å². The lowest BCUT2D eigenvalue weighted by Crippen LogP contribution is -2.46. The second kappa shape index (κ2) is 6.03. The van der Waals surface area contributed by atoms with Crippen LogP contribution >= 0.6 is 0 Å². The fourth-order valence-corrected chi connectivity index (χ4v) is 2.47. The van der Waals surface area contributed by atoms with Gasteiger partial charge < -0.3 is 10.0 Å².